The van der Waals surface area contributed by atoms with E-state index >= 15 is 0 Å². The van der Waals surface area contributed by atoms with Gasteiger partial charge in [0.1, 0.15) is 18.0 Å². The van der Waals surface area contributed by atoms with E-state index in [2.05, 4.69) is 20.6 Å². The monoisotopic (exact) mass is 264 g/mol. The minimum absolute atomic E-state index is 0.292. The normalized spacial score (nSPS) is 13.2. The van der Waals surface area contributed by atoms with Gasteiger partial charge in [-0.15, -0.1) is 0 Å². The first-order valence-corrected chi connectivity index (χ1v) is 5.40. The highest BCUT2D eigenvalue weighted by Crippen LogP contribution is 2.23. The van der Waals surface area contributed by atoms with Crippen molar-refractivity contribution in [3.63, 3.8) is 0 Å². The van der Waals surface area contributed by atoms with Crippen molar-refractivity contribution in [3.8, 4) is 0 Å². The minimum atomic E-state index is -4.64. The molecule has 5 nitrogen and oxygen atoms in total. The Morgan fingerprint density at radius 1 is 1.33 bits per heavy atom. The highest BCUT2D eigenvalue weighted by atomic mass is 19.4. The number of hydrogen-bond acceptors (Lipinski definition) is 5. The summed E-state index contributed by atoms with van der Waals surface area (Å²) in [6.07, 6.45) is -5.26. The lowest BCUT2D eigenvalue weighted by molar-refractivity contribution is -0.198. The summed E-state index contributed by atoms with van der Waals surface area (Å²) >= 11 is 0. The number of rotatable bonds is 5. The van der Waals surface area contributed by atoms with Gasteiger partial charge in [-0.1, -0.05) is 6.92 Å². The van der Waals surface area contributed by atoms with E-state index in [1.54, 1.807) is 7.05 Å². The van der Waals surface area contributed by atoms with Crippen molar-refractivity contribution in [2.24, 2.45) is 0 Å². The van der Waals surface area contributed by atoms with E-state index in [9.17, 15) is 13.2 Å². The molecule has 18 heavy (non-hydrogen) atoms. The van der Waals surface area contributed by atoms with E-state index in [1.807, 2.05) is 6.92 Å². The highest BCUT2D eigenvalue weighted by Gasteiger charge is 2.38. The number of aliphatic hydroxyl groups is 1. The molecule has 1 aromatic rings. The molecule has 0 aromatic carbocycles. The van der Waals surface area contributed by atoms with Crippen LogP contribution in [-0.4, -0.2) is 40.9 Å². The highest BCUT2D eigenvalue weighted by molar-refractivity contribution is 5.57. The van der Waals surface area contributed by atoms with Gasteiger partial charge in [-0.25, -0.2) is 9.97 Å². The van der Waals surface area contributed by atoms with Gasteiger partial charge in [0.15, 0.2) is 6.10 Å². The number of nitrogens with zero attached hydrogens (tertiary/aromatic N) is 2. The van der Waals surface area contributed by atoms with Gasteiger partial charge < -0.3 is 15.7 Å². The molecule has 0 aliphatic heterocycles. The maximum atomic E-state index is 12.1. The fourth-order valence-electron chi connectivity index (χ4n) is 1.42. The van der Waals surface area contributed by atoms with Crippen LogP contribution in [0.4, 0.5) is 24.8 Å². The maximum Gasteiger partial charge on any atom is 0.416 e. The van der Waals surface area contributed by atoms with Crippen LogP contribution in [0.25, 0.3) is 0 Å². The maximum absolute atomic E-state index is 12.1. The summed E-state index contributed by atoms with van der Waals surface area (Å²) < 4.78 is 36.4. The molecule has 0 amide bonds. The Kier molecular flexibility index (Phi) is 4.71. The lowest BCUT2D eigenvalue weighted by atomic mass is 10.2. The van der Waals surface area contributed by atoms with Crippen LogP contribution >= 0.6 is 0 Å². The first kappa shape index (κ1) is 14.5. The SMILES string of the molecule is CCc1c(NC)ncnc1NCC(O)C(F)(F)F. The molecule has 0 saturated carbocycles. The molecule has 0 bridgehead atoms. The molecule has 0 spiro atoms. The van der Waals surface area contributed by atoms with Crippen LogP contribution < -0.4 is 10.6 Å². The van der Waals surface area contributed by atoms with Crippen molar-refractivity contribution in [2.45, 2.75) is 25.6 Å². The van der Waals surface area contributed by atoms with Gasteiger partial charge in [-0.3, -0.25) is 0 Å². The molecule has 1 heterocycles. The Morgan fingerprint density at radius 3 is 2.44 bits per heavy atom. The molecular formula is C10H15F3N4O. The van der Waals surface area contributed by atoms with Crippen LogP contribution in [0.2, 0.25) is 0 Å². The van der Waals surface area contributed by atoms with Crippen molar-refractivity contribution in [1.29, 1.82) is 0 Å². The number of halogens is 3. The topological polar surface area (TPSA) is 70.1 Å². The molecule has 0 aliphatic rings. The number of anilines is 2. The summed E-state index contributed by atoms with van der Waals surface area (Å²) in [5, 5.41) is 14.2. The number of alkyl halides is 3. The van der Waals surface area contributed by atoms with Crippen molar-refractivity contribution < 1.29 is 18.3 Å². The third-order valence-electron chi connectivity index (χ3n) is 2.38. The van der Waals surface area contributed by atoms with Gasteiger partial charge in [-0.2, -0.15) is 13.2 Å². The Bertz CT molecular complexity index is 397. The van der Waals surface area contributed by atoms with Crippen molar-refractivity contribution >= 4 is 11.6 Å². The van der Waals surface area contributed by atoms with E-state index in [0.717, 1.165) is 0 Å². The largest absolute Gasteiger partial charge is 0.416 e. The van der Waals surface area contributed by atoms with Crippen molar-refractivity contribution in [3.05, 3.63) is 11.9 Å². The van der Waals surface area contributed by atoms with Gasteiger partial charge in [0.25, 0.3) is 0 Å². The molecule has 1 rings (SSSR count). The second-order valence-electron chi connectivity index (χ2n) is 3.59. The van der Waals surface area contributed by atoms with Gasteiger partial charge in [0, 0.05) is 12.6 Å². The van der Waals surface area contributed by atoms with Crippen LogP contribution in [0, 0.1) is 0 Å². The fraction of sp³-hybridized carbons (Fsp3) is 0.600. The average molecular weight is 264 g/mol. The van der Waals surface area contributed by atoms with Gasteiger partial charge >= 0.3 is 6.18 Å². The second kappa shape index (κ2) is 5.85. The molecule has 0 fully saturated rings. The van der Waals surface area contributed by atoms with Crippen LogP contribution in [0.3, 0.4) is 0 Å². The quantitative estimate of drug-likeness (QED) is 0.750. The molecule has 0 saturated heterocycles. The molecule has 0 radical (unpaired) electrons. The van der Waals surface area contributed by atoms with Crippen LogP contribution in [0.1, 0.15) is 12.5 Å². The fourth-order valence-corrected chi connectivity index (χ4v) is 1.42. The molecule has 0 aliphatic carbocycles. The van der Waals surface area contributed by atoms with Gasteiger partial charge in [0.2, 0.25) is 0 Å². The lowest BCUT2D eigenvalue weighted by Gasteiger charge is -2.17. The number of hydrogen-bond donors (Lipinski definition) is 3. The number of nitrogens with one attached hydrogen (secondary N) is 2. The van der Waals surface area contributed by atoms with E-state index < -0.39 is 18.8 Å². The van der Waals surface area contributed by atoms with Crippen LogP contribution in [-0.2, 0) is 6.42 Å². The van der Waals surface area contributed by atoms with Crippen molar-refractivity contribution in [2.75, 3.05) is 24.2 Å². The molecule has 8 heteroatoms. The van der Waals surface area contributed by atoms with E-state index in [4.69, 9.17) is 5.11 Å². The zero-order chi connectivity index (χ0) is 13.8. The summed E-state index contributed by atoms with van der Waals surface area (Å²) in [6, 6.07) is 0. The Hall–Kier alpha value is -1.57. The first-order valence-electron chi connectivity index (χ1n) is 5.40. The summed E-state index contributed by atoms with van der Waals surface area (Å²) in [5.74, 6) is 0.844. The molecule has 1 atom stereocenters. The van der Waals surface area contributed by atoms with Gasteiger partial charge in [-0.05, 0) is 6.42 Å². The van der Waals surface area contributed by atoms with Crippen molar-refractivity contribution in [1.82, 2.24) is 9.97 Å². The smallest absolute Gasteiger partial charge is 0.382 e. The van der Waals surface area contributed by atoms with E-state index in [-0.39, 0.29) is 0 Å². The molecule has 102 valence electrons. The van der Waals surface area contributed by atoms with E-state index in [0.29, 0.717) is 23.6 Å². The number of aromatic nitrogens is 2. The van der Waals surface area contributed by atoms with Crippen LogP contribution in [0.5, 0.6) is 0 Å². The first-order chi connectivity index (χ1) is 8.40. The summed E-state index contributed by atoms with van der Waals surface area (Å²) in [5.41, 5.74) is 0.675. The summed E-state index contributed by atoms with van der Waals surface area (Å²) in [7, 11) is 1.66. The molecule has 3 N–H and O–H groups in total. The summed E-state index contributed by atoms with van der Waals surface area (Å²) in [4.78, 5) is 7.83. The molecule has 1 unspecified atom stereocenters. The zero-order valence-corrected chi connectivity index (χ0v) is 10.0. The minimum Gasteiger partial charge on any atom is -0.382 e. The third-order valence-corrected chi connectivity index (χ3v) is 2.38. The Balaban J connectivity index is 2.79. The second-order valence-corrected chi connectivity index (χ2v) is 3.59. The Labute approximate surface area is 102 Å². The van der Waals surface area contributed by atoms with Gasteiger partial charge in [0.05, 0.1) is 6.54 Å². The third kappa shape index (κ3) is 3.46. The predicted octanol–water partition coefficient (Wildman–Crippen LogP) is 1.42. The standard InChI is InChI=1S/C10H15F3N4O/c1-3-6-8(14-2)16-5-17-9(6)15-4-7(18)10(11,12)13/h5,7,18H,3-4H2,1-2H3,(H2,14,15,16,17). The molecular weight excluding hydrogens is 249 g/mol. The average Bonchev–Trinajstić information content (AvgIpc) is 2.33. The Morgan fingerprint density at radius 2 is 1.94 bits per heavy atom. The lowest BCUT2D eigenvalue weighted by Crippen LogP contribution is -2.35. The predicted molar refractivity (Wildman–Crippen MR) is 61.5 cm³/mol. The van der Waals surface area contributed by atoms with Crippen LogP contribution in [0.15, 0.2) is 6.33 Å². The zero-order valence-electron chi connectivity index (χ0n) is 10.0. The van der Waals surface area contributed by atoms with E-state index in [1.165, 1.54) is 6.33 Å². The summed E-state index contributed by atoms with van der Waals surface area (Å²) in [6.45, 7) is 1.20. The molecule has 1 aromatic heterocycles. The number of aliphatic hydroxyl groups excluding tert-OH is 1.